The number of rotatable bonds is 10. The van der Waals surface area contributed by atoms with Crippen LogP contribution in [0.5, 0.6) is 0 Å². The molecule has 21 heavy (non-hydrogen) atoms. The first-order chi connectivity index (χ1) is 9.93. The van der Waals surface area contributed by atoms with E-state index >= 15 is 0 Å². The number of ether oxygens (including phenoxy) is 2. The Morgan fingerprint density at radius 3 is 1.81 bits per heavy atom. The van der Waals surface area contributed by atoms with Gasteiger partial charge in [0, 0.05) is 11.1 Å². The number of hydrogen-bond donors (Lipinski definition) is 0. The van der Waals surface area contributed by atoms with Gasteiger partial charge in [-0.1, -0.05) is 40.5 Å². The van der Waals surface area contributed by atoms with Gasteiger partial charge in [-0.05, 0) is 32.1 Å². The molecular weight excluding hydrogens is 268 g/mol. The largest absolute Gasteiger partial charge is 0.462 e. The lowest BCUT2D eigenvalue weighted by Crippen LogP contribution is -2.17. The first-order valence-electron chi connectivity index (χ1n) is 7.97. The van der Waals surface area contributed by atoms with E-state index in [9.17, 15) is 9.59 Å². The zero-order chi connectivity index (χ0) is 16.3. The van der Waals surface area contributed by atoms with Crippen LogP contribution in [0.25, 0.3) is 0 Å². The Bertz CT molecular complexity index is 356. The van der Waals surface area contributed by atoms with E-state index in [1.807, 2.05) is 27.7 Å². The number of hydrogen-bond acceptors (Lipinski definition) is 4. The molecule has 0 amide bonds. The lowest BCUT2D eigenvalue weighted by molar-refractivity contribution is -0.142. The predicted molar refractivity (Wildman–Crippen MR) is 83.9 cm³/mol. The smallest absolute Gasteiger partial charge is 0.334 e. The van der Waals surface area contributed by atoms with Crippen molar-refractivity contribution in [2.45, 2.75) is 66.7 Å². The van der Waals surface area contributed by atoms with Crippen molar-refractivity contribution in [3.63, 3.8) is 0 Å². The lowest BCUT2D eigenvalue weighted by Gasteiger charge is -2.13. The van der Waals surface area contributed by atoms with Gasteiger partial charge in [0.15, 0.2) is 0 Å². The van der Waals surface area contributed by atoms with Gasteiger partial charge in [0.1, 0.15) is 0 Å². The fourth-order valence-electron chi connectivity index (χ4n) is 1.73. The topological polar surface area (TPSA) is 52.6 Å². The summed E-state index contributed by atoms with van der Waals surface area (Å²) in [6, 6.07) is 0. The van der Waals surface area contributed by atoms with Gasteiger partial charge in [-0.15, -0.1) is 0 Å². The molecule has 0 unspecified atom stereocenters. The molecule has 0 heterocycles. The Balaban J connectivity index is 4.86. The Morgan fingerprint density at radius 1 is 0.905 bits per heavy atom. The van der Waals surface area contributed by atoms with Crippen LogP contribution in [0.2, 0.25) is 0 Å². The van der Waals surface area contributed by atoms with Crippen molar-refractivity contribution in [3.05, 3.63) is 11.1 Å². The van der Waals surface area contributed by atoms with E-state index in [0.29, 0.717) is 30.8 Å². The highest BCUT2D eigenvalue weighted by Gasteiger charge is 2.20. The van der Waals surface area contributed by atoms with Gasteiger partial charge in [-0.2, -0.15) is 0 Å². The third kappa shape index (κ3) is 8.53. The zero-order valence-corrected chi connectivity index (χ0v) is 14.2. The van der Waals surface area contributed by atoms with Gasteiger partial charge in [0.2, 0.25) is 0 Å². The highest BCUT2D eigenvalue weighted by atomic mass is 16.5. The van der Waals surface area contributed by atoms with Crippen LogP contribution in [0.1, 0.15) is 66.7 Å². The van der Waals surface area contributed by atoms with Crippen molar-refractivity contribution in [2.24, 2.45) is 5.92 Å². The van der Waals surface area contributed by atoms with Gasteiger partial charge >= 0.3 is 11.9 Å². The molecule has 0 N–H and O–H groups in total. The Labute approximate surface area is 128 Å². The summed E-state index contributed by atoms with van der Waals surface area (Å²) in [5.41, 5.74) is 0.823. The van der Waals surface area contributed by atoms with Gasteiger partial charge < -0.3 is 9.47 Å². The summed E-state index contributed by atoms with van der Waals surface area (Å²) in [4.78, 5) is 24.1. The van der Waals surface area contributed by atoms with E-state index in [4.69, 9.17) is 9.47 Å². The lowest BCUT2D eigenvalue weighted by atomic mass is 9.99. The third-order valence-corrected chi connectivity index (χ3v) is 3.08. The highest BCUT2D eigenvalue weighted by Crippen LogP contribution is 2.18. The molecule has 0 aromatic rings. The van der Waals surface area contributed by atoms with E-state index in [-0.39, 0.29) is 11.9 Å². The average Bonchev–Trinajstić information content (AvgIpc) is 2.44. The molecule has 0 aromatic heterocycles. The van der Waals surface area contributed by atoms with E-state index in [0.717, 1.165) is 25.7 Å². The van der Waals surface area contributed by atoms with Crippen LogP contribution in [0.4, 0.5) is 0 Å². The molecule has 0 bridgehead atoms. The average molecular weight is 298 g/mol. The molecule has 0 aromatic carbocycles. The molecule has 0 atom stereocenters. The first-order valence-corrected chi connectivity index (χ1v) is 7.97. The number of esters is 2. The third-order valence-electron chi connectivity index (χ3n) is 3.08. The molecule has 0 rings (SSSR count). The van der Waals surface area contributed by atoms with Gasteiger partial charge in [-0.3, -0.25) is 0 Å². The standard InChI is InChI=1S/C17H30O4/c1-6-8-10-20-16(18)14(5)15(12-13(3)4)17(19)21-11-9-7-2/h13H,6-12H2,1-5H3/b15-14-. The van der Waals surface area contributed by atoms with Crippen molar-refractivity contribution in [3.8, 4) is 0 Å². The van der Waals surface area contributed by atoms with Crippen LogP contribution < -0.4 is 0 Å². The summed E-state index contributed by atoms with van der Waals surface area (Å²) in [7, 11) is 0. The van der Waals surface area contributed by atoms with Crippen LogP contribution >= 0.6 is 0 Å². The van der Waals surface area contributed by atoms with Crippen molar-refractivity contribution in [1.82, 2.24) is 0 Å². The normalized spacial score (nSPS) is 12.1. The summed E-state index contributed by atoms with van der Waals surface area (Å²) in [5.74, 6) is -0.522. The summed E-state index contributed by atoms with van der Waals surface area (Å²) in [6.45, 7) is 10.5. The Kier molecular flexibility index (Phi) is 10.6. The maximum absolute atomic E-state index is 12.1. The zero-order valence-electron chi connectivity index (χ0n) is 14.2. The van der Waals surface area contributed by atoms with Crippen molar-refractivity contribution in [2.75, 3.05) is 13.2 Å². The van der Waals surface area contributed by atoms with Crippen molar-refractivity contribution in [1.29, 1.82) is 0 Å². The van der Waals surface area contributed by atoms with Gasteiger partial charge in [-0.25, -0.2) is 9.59 Å². The fourth-order valence-corrected chi connectivity index (χ4v) is 1.73. The minimum absolute atomic E-state index is 0.275. The predicted octanol–water partition coefficient (Wildman–Crippen LogP) is 4.04. The maximum atomic E-state index is 12.1. The van der Waals surface area contributed by atoms with Gasteiger partial charge in [0.05, 0.1) is 13.2 Å². The Morgan fingerprint density at radius 2 is 1.38 bits per heavy atom. The van der Waals surface area contributed by atoms with E-state index in [1.54, 1.807) is 6.92 Å². The second-order valence-electron chi connectivity index (χ2n) is 5.68. The van der Waals surface area contributed by atoms with Crippen molar-refractivity contribution < 1.29 is 19.1 Å². The summed E-state index contributed by atoms with van der Waals surface area (Å²) < 4.78 is 10.4. The molecule has 0 aliphatic carbocycles. The molecular formula is C17H30O4. The molecule has 0 saturated carbocycles. The molecule has 0 fully saturated rings. The highest BCUT2D eigenvalue weighted by molar-refractivity contribution is 6.00. The van der Waals surface area contributed by atoms with Gasteiger partial charge in [0.25, 0.3) is 0 Å². The number of carbonyl (C=O) groups is 2. The second kappa shape index (κ2) is 11.4. The van der Waals surface area contributed by atoms with Crippen molar-refractivity contribution >= 4 is 11.9 Å². The number of carbonyl (C=O) groups excluding carboxylic acids is 2. The summed E-state index contributed by atoms with van der Waals surface area (Å²) in [5, 5.41) is 0. The quantitative estimate of drug-likeness (QED) is 0.347. The number of unbranched alkanes of at least 4 members (excludes halogenated alkanes) is 2. The molecule has 0 aliphatic rings. The van der Waals surface area contributed by atoms with E-state index in [2.05, 4.69) is 0 Å². The molecule has 4 heteroatoms. The van der Waals surface area contributed by atoms with Crippen LogP contribution in [-0.2, 0) is 19.1 Å². The second-order valence-corrected chi connectivity index (χ2v) is 5.68. The molecule has 0 radical (unpaired) electrons. The first kappa shape index (κ1) is 19.7. The fraction of sp³-hybridized carbons (Fsp3) is 0.765. The SMILES string of the molecule is CCCCOC(=O)/C(C)=C(/CC(C)C)C(=O)OCCCC. The maximum Gasteiger partial charge on any atom is 0.334 e. The molecule has 122 valence electrons. The minimum atomic E-state index is -0.411. The summed E-state index contributed by atoms with van der Waals surface area (Å²) >= 11 is 0. The minimum Gasteiger partial charge on any atom is -0.462 e. The molecule has 0 aliphatic heterocycles. The van der Waals surface area contributed by atoms with Crippen LogP contribution in [0.15, 0.2) is 11.1 Å². The molecule has 0 saturated heterocycles. The van der Waals surface area contributed by atoms with Crippen LogP contribution in [-0.4, -0.2) is 25.2 Å². The van der Waals surface area contributed by atoms with E-state index < -0.39 is 5.97 Å². The Hall–Kier alpha value is -1.32. The molecule has 0 spiro atoms. The van der Waals surface area contributed by atoms with Crippen LogP contribution in [0.3, 0.4) is 0 Å². The van der Waals surface area contributed by atoms with E-state index in [1.165, 1.54) is 0 Å². The summed E-state index contributed by atoms with van der Waals surface area (Å²) in [6.07, 6.45) is 4.13. The molecule has 4 nitrogen and oxygen atoms in total. The van der Waals surface area contributed by atoms with Crippen LogP contribution in [0, 0.1) is 5.92 Å². The monoisotopic (exact) mass is 298 g/mol.